The smallest absolute Gasteiger partial charge is 0.497 e. The van der Waals surface area contributed by atoms with Gasteiger partial charge in [0.25, 0.3) is 5.91 Å². The normalized spacial score (nSPS) is 14.1. The largest absolute Gasteiger partial charge is 0.524 e. The second-order valence-corrected chi connectivity index (χ2v) is 10.5. The molecule has 0 unspecified atom stereocenters. The van der Waals surface area contributed by atoms with Crippen LogP contribution >= 0.6 is 7.82 Å². The molecule has 196 valence electrons. The number of amides is 1. The summed E-state index contributed by atoms with van der Waals surface area (Å²) in [7, 11) is -3.04. The van der Waals surface area contributed by atoms with Gasteiger partial charge in [-0.1, -0.05) is 50.3 Å². The van der Waals surface area contributed by atoms with Gasteiger partial charge in [-0.3, -0.25) is 14.6 Å². The standard InChI is InChI=1S/C28H33N2O6P/c1-35-25-11-5-9-21(16-25)19-29-27-14-13-22(17-23(27)15-20-7-3-2-4-8-20)28(31)30-24-10-6-12-26(18-24)36-37(32,33)34/h5-6,9-14,16-18,20,29H,2-4,7-8,15,19H2,1H3,(H,30,31)(H2,32,33,34). The molecule has 4 N–H and O–H groups in total. The van der Waals surface area contributed by atoms with Crippen molar-refractivity contribution in [2.45, 2.75) is 45.1 Å². The molecule has 0 aromatic heterocycles. The molecule has 9 heteroatoms. The van der Waals surface area contributed by atoms with Crippen molar-refractivity contribution in [2.24, 2.45) is 5.92 Å². The Balaban J connectivity index is 1.52. The Morgan fingerprint density at radius 3 is 2.49 bits per heavy atom. The summed E-state index contributed by atoms with van der Waals surface area (Å²) in [4.78, 5) is 31.2. The number of hydrogen-bond donors (Lipinski definition) is 4. The first kappa shape index (κ1) is 26.7. The number of carbonyl (C=O) groups is 1. The van der Waals surface area contributed by atoms with Crippen LogP contribution in [0.15, 0.2) is 66.7 Å². The molecule has 0 bridgehead atoms. The van der Waals surface area contributed by atoms with Crippen molar-refractivity contribution in [1.82, 2.24) is 0 Å². The minimum absolute atomic E-state index is 0.0267. The lowest BCUT2D eigenvalue weighted by atomic mass is 9.84. The summed E-state index contributed by atoms with van der Waals surface area (Å²) in [6, 6.07) is 19.6. The van der Waals surface area contributed by atoms with E-state index in [0.717, 1.165) is 29.0 Å². The van der Waals surface area contributed by atoms with Crippen molar-refractivity contribution in [2.75, 3.05) is 17.7 Å². The van der Waals surface area contributed by atoms with E-state index in [0.29, 0.717) is 23.7 Å². The minimum Gasteiger partial charge on any atom is -0.497 e. The van der Waals surface area contributed by atoms with E-state index in [9.17, 15) is 9.36 Å². The third kappa shape index (κ3) is 8.09. The average molecular weight is 525 g/mol. The number of ether oxygens (including phenoxy) is 1. The molecule has 1 saturated carbocycles. The monoisotopic (exact) mass is 524 g/mol. The van der Waals surface area contributed by atoms with Crippen LogP contribution in [0.5, 0.6) is 11.5 Å². The molecule has 0 atom stereocenters. The molecule has 37 heavy (non-hydrogen) atoms. The maximum atomic E-state index is 13.1. The Kier molecular flexibility index (Phi) is 8.87. The number of nitrogens with one attached hydrogen (secondary N) is 2. The first-order chi connectivity index (χ1) is 17.8. The van der Waals surface area contributed by atoms with Crippen molar-refractivity contribution < 1.29 is 28.4 Å². The zero-order valence-electron chi connectivity index (χ0n) is 20.9. The Hall–Kier alpha value is -3.32. The number of phosphoric acid groups is 1. The lowest BCUT2D eigenvalue weighted by molar-refractivity contribution is 0.102. The molecule has 0 radical (unpaired) electrons. The number of methoxy groups -OCH3 is 1. The highest BCUT2D eigenvalue weighted by Crippen LogP contribution is 2.38. The fourth-order valence-electron chi connectivity index (χ4n) is 4.73. The summed E-state index contributed by atoms with van der Waals surface area (Å²) in [6.07, 6.45) is 7.04. The molecule has 0 spiro atoms. The van der Waals surface area contributed by atoms with Crippen molar-refractivity contribution >= 4 is 25.1 Å². The Labute approximate surface area is 217 Å². The van der Waals surface area contributed by atoms with Gasteiger partial charge in [-0.25, -0.2) is 4.57 Å². The van der Waals surface area contributed by atoms with Gasteiger partial charge < -0.3 is 19.9 Å². The van der Waals surface area contributed by atoms with Crippen LogP contribution in [-0.4, -0.2) is 22.8 Å². The van der Waals surface area contributed by atoms with Gasteiger partial charge in [0.05, 0.1) is 7.11 Å². The quantitative estimate of drug-likeness (QED) is 0.235. The topological polar surface area (TPSA) is 117 Å². The van der Waals surface area contributed by atoms with Crippen LogP contribution in [0.25, 0.3) is 0 Å². The molecule has 8 nitrogen and oxygen atoms in total. The van der Waals surface area contributed by atoms with E-state index in [2.05, 4.69) is 15.2 Å². The predicted octanol–water partition coefficient (Wildman–Crippen LogP) is 6.15. The third-order valence-corrected chi connectivity index (χ3v) is 6.98. The van der Waals surface area contributed by atoms with Gasteiger partial charge >= 0.3 is 7.82 Å². The maximum Gasteiger partial charge on any atom is 0.524 e. The first-order valence-corrected chi connectivity index (χ1v) is 14.0. The van der Waals surface area contributed by atoms with E-state index >= 15 is 0 Å². The van der Waals surface area contributed by atoms with E-state index in [1.807, 2.05) is 36.4 Å². The van der Waals surface area contributed by atoms with E-state index in [1.54, 1.807) is 25.3 Å². The van der Waals surface area contributed by atoms with Gasteiger partial charge in [-0.05, 0) is 65.9 Å². The molecule has 1 aliphatic carbocycles. The molecule has 3 aromatic rings. The summed E-state index contributed by atoms with van der Waals surface area (Å²) in [5.74, 6) is 1.06. The van der Waals surface area contributed by atoms with Gasteiger partial charge in [0, 0.05) is 29.5 Å². The van der Waals surface area contributed by atoms with Crippen molar-refractivity contribution in [3.8, 4) is 11.5 Å². The second kappa shape index (κ2) is 12.3. The van der Waals surface area contributed by atoms with E-state index in [1.165, 1.54) is 44.2 Å². The lowest BCUT2D eigenvalue weighted by Gasteiger charge is -2.23. The minimum atomic E-state index is -4.69. The van der Waals surface area contributed by atoms with E-state index < -0.39 is 7.82 Å². The summed E-state index contributed by atoms with van der Waals surface area (Å²) in [5.41, 5.74) is 4.09. The third-order valence-electron chi connectivity index (χ3n) is 6.53. The van der Waals surface area contributed by atoms with Gasteiger partial charge in [0.1, 0.15) is 11.5 Å². The van der Waals surface area contributed by atoms with Gasteiger partial charge in [0.15, 0.2) is 0 Å². The number of phosphoric ester groups is 1. The van der Waals surface area contributed by atoms with E-state index in [4.69, 9.17) is 14.5 Å². The van der Waals surface area contributed by atoms with Gasteiger partial charge in [-0.15, -0.1) is 0 Å². The second-order valence-electron chi connectivity index (χ2n) is 9.35. The van der Waals surface area contributed by atoms with Crippen molar-refractivity contribution in [1.29, 1.82) is 0 Å². The molecule has 1 aliphatic rings. The Morgan fingerprint density at radius 1 is 0.973 bits per heavy atom. The fourth-order valence-corrected chi connectivity index (χ4v) is 5.12. The fraction of sp³-hybridized carbons (Fsp3) is 0.321. The highest BCUT2D eigenvalue weighted by Gasteiger charge is 2.19. The van der Waals surface area contributed by atoms with Crippen LogP contribution in [0.1, 0.15) is 53.6 Å². The van der Waals surface area contributed by atoms with Crippen LogP contribution in [0.3, 0.4) is 0 Å². The number of benzene rings is 3. The zero-order valence-corrected chi connectivity index (χ0v) is 21.7. The van der Waals surface area contributed by atoms with Crippen LogP contribution in [0.2, 0.25) is 0 Å². The molecule has 4 rings (SSSR count). The molecule has 1 amide bonds. The van der Waals surface area contributed by atoms with Crippen molar-refractivity contribution in [3.05, 3.63) is 83.4 Å². The van der Waals surface area contributed by atoms with Gasteiger partial charge in [0.2, 0.25) is 0 Å². The molecule has 0 aliphatic heterocycles. The summed E-state index contributed by atoms with van der Waals surface area (Å²) < 4.78 is 21.1. The lowest BCUT2D eigenvalue weighted by Crippen LogP contribution is -2.15. The molecular formula is C28H33N2O6P. The van der Waals surface area contributed by atoms with Crippen LogP contribution in [0, 0.1) is 5.92 Å². The van der Waals surface area contributed by atoms with Crippen molar-refractivity contribution in [3.63, 3.8) is 0 Å². The number of anilines is 2. The predicted molar refractivity (Wildman–Crippen MR) is 144 cm³/mol. The number of rotatable bonds is 10. The first-order valence-electron chi connectivity index (χ1n) is 12.5. The number of carbonyl (C=O) groups excluding carboxylic acids is 1. The molecule has 0 heterocycles. The molecular weight excluding hydrogens is 491 g/mol. The summed E-state index contributed by atoms with van der Waals surface area (Å²) >= 11 is 0. The van der Waals surface area contributed by atoms with Crippen LogP contribution in [0.4, 0.5) is 11.4 Å². The summed E-state index contributed by atoms with van der Waals surface area (Å²) in [6.45, 7) is 0.632. The van der Waals surface area contributed by atoms with Crippen LogP contribution in [-0.2, 0) is 17.5 Å². The maximum absolute atomic E-state index is 13.1. The molecule has 0 saturated heterocycles. The summed E-state index contributed by atoms with van der Waals surface area (Å²) in [5, 5.41) is 6.34. The Bertz CT molecular complexity index is 1270. The number of hydrogen-bond acceptors (Lipinski definition) is 5. The average Bonchev–Trinajstić information content (AvgIpc) is 2.88. The van der Waals surface area contributed by atoms with E-state index in [-0.39, 0.29) is 11.7 Å². The molecule has 1 fully saturated rings. The Morgan fingerprint density at radius 2 is 1.73 bits per heavy atom. The van der Waals surface area contributed by atoms with Gasteiger partial charge in [-0.2, -0.15) is 0 Å². The van der Waals surface area contributed by atoms with Crippen LogP contribution < -0.4 is 19.9 Å². The SMILES string of the molecule is COc1cccc(CNc2ccc(C(=O)Nc3cccc(OP(=O)(O)O)c3)cc2CC2CCCCC2)c1. The highest BCUT2D eigenvalue weighted by molar-refractivity contribution is 7.46. The zero-order chi connectivity index (χ0) is 26.3. The molecule has 3 aromatic carbocycles. The highest BCUT2D eigenvalue weighted by atomic mass is 31.2.